The zero-order valence-corrected chi connectivity index (χ0v) is 9.56. The van der Waals surface area contributed by atoms with Crippen molar-refractivity contribution < 1.29 is 14.7 Å². The summed E-state index contributed by atoms with van der Waals surface area (Å²) in [6.07, 6.45) is 4.93. The molecule has 1 unspecified atom stereocenters. The number of carbonyl (C=O) groups is 2. The van der Waals surface area contributed by atoms with Gasteiger partial charge in [-0.15, -0.1) is 0 Å². The molecule has 1 saturated carbocycles. The summed E-state index contributed by atoms with van der Waals surface area (Å²) in [5, 5.41) is 18.3. The molecule has 0 saturated heterocycles. The molecule has 0 aromatic carbocycles. The Morgan fingerprint density at radius 3 is 2.71 bits per heavy atom. The maximum Gasteiger partial charge on any atom is 0.319 e. The van der Waals surface area contributed by atoms with E-state index in [1.165, 1.54) is 0 Å². The third-order valence-corrected chi connectivity index (χ3v) is 3.42. The maximum absolute atomic E-state index is 12.0. The predicted molar refractivity (Wildman–Crippen MR) is 59.1 cm³/mol. The number of rotatable bonds is 4. The summed E-state index contributed by atoms with van der Waals surface area (Å²) in [5.41, 5.74) is -0.379. The van der Waals surface area contributed by atoms with Crippen molar-refractivity contribution in [2.24, 2.45) is 5.41 Å². The lowest BCUT2D eigenvalue weighted by Crippen LogP contribution is -2.51. The molecule has 6 nitrogen and oxygen atoms in total. The van der Waals surface area contributed by atoms with Crippen LogP contribution in [0.4, 0.5) is 0 Å². The molecule has 1 fully saturated rings. The molecule has 3 N–H and O–H groups in total. The molecular weight excluding hydrogens is 222 g/mol. The van der Waals surface area contributed by atoms with Crippen LogP contribution in [-0.2, 0) is 9.59 Å². The summed E-state index contributed by atoms with van der Waals surface area (Å²) >= 11 is 0. The first-order valence-electron chi connectivity index (χ1n) is 5.59. The van der Waals surface area contributed by atoms with Crippen LogP contribution < -0.4 is 5.32 Å². The van der Waals surface area contributed by atoms with E-state index in [1.54, 1.807) is 19.3 Å². The Kier molecular flexibility index (Phi) is 2.87. The van der Waals surface area contributed by atoms with Crippen LogP contribution in [0.25, 0.3) is 0 Å². The summed E-state index contributed by atoms with van der Waals surface area (Å²) in [4.78, 5) is 23.1. The van der Waals surface area contributed by atoms with Crippen molar-refractivity contribution in [3.8, 4) is 0 Å². The molecule has 1 atom stereocenters. The molecule has 0 spiro atoms. The van der Waals surface area contributed by atoms with E-state index in [-0.39, 0.29) is 6.04 Å². The lowest BCUT2D eigenvalue weighted by atomic mass is 9.68. The first kappa shape index (κ1) is 11.6. The van der Waals surface area contributed by atoms with Gasteiger partial charge in [0.05, 0.1) is 12.2 Å². The lowest BCUT2D eigenvalue weighted by molar-refractivity contribution is -0.162. The fraction of sp³-hybridized carbons (Fsp3) is 0.545. The zero-order valence-electron chi connectivity index (χ0n) is 9.56. The van der Waals surface area contributed by atoms with Gasteiger partial charge in [-0.3, -0.25) is 14.7 Å². The Hall–Kier alpha value is -1.85. The molecule has 1 aliphatic carbocycles. The van der Waals surface area contributed by atoms with Crippen molar-refractivity contribution in [1.29, 1.82) is 0 Å². The molecule has 0 bridgehead atoms. The molecule has 1 aromatic heterocycles. The van der Waals surface area contributed by atoms with Gasteiger partial charge in [-0.2, -0.15) is 5.10 Å². The number of nitrogens with one attached hydrogen (secondary N) is 2. The molecule has 0 aliphatic heterocycles. The van der Waals surface area contributed by atoms with Gasteiger partial charge in [0.1, 0.15) is 5.41 Å². The summed E-state index contributed by atoms with van der Waals surface area (Å²) < 4.78 is 0. The van der Waals surface area contributed by atoms with Crippen LogP contribution in [-0.4, -0.2) is 27.2 Å². The topological polar surface area (TPSA) is 95.1 Å². The Labute approximate surface area is 98.4 Å². The average molecular weight is 237 g/mol. The van der Waals surface area contributed by atoms with E-state index in [4.69, 9.17) is 5.11 Å². The second-order valence-electron chi connectivity index (χ2n) is 4.47. The molecule has 92 valence electrons. The third-order valence-electron chi connectivity index (χ3n) is 3.42. The second kappa shape index (κ2) is 4.20. The molecule has 6 heteroatoms. The van der Waals surface area contributed by atoms with Gasteiger partial charge < -0.3 is 10.4 Å². The number of carboxylic acid groups (broad SMARTS) is 1. The van der Waals surface area contributed by atoms with E-state index < -0.39 is 17.3 Å². The number of hydrogen-bond acceptors (Lipinski definition) is 3. The highest BCUT2D eigenvalue weighted by molar-refractivity contribution is 6.02. The van der Waals surface area contributed by atoms with E-state index in [1.807, 2.05) is 0 Å². The van der Waals surface area contributed by atoms with Gasteiger partial charge in [0.2, 0.25) is 5.91 Å². The van der Waals surface area contributed by atoms with Gasteiger partial charge in [0, 0.05) is 11.8 Å². The molecule has 1 aliphatic rings. The molecular formula is C11H15N3O3. The number of hydrogen-bond donors (Lipinski definition) is 3. The molecule has 1 amide bonds. The lowest BCUT2D eigenvalue weighted by Gasteiger charge is -2.36. The second-order valence-corrected chi connectivity index (χ2v) is 4.47. The SMILES string of the molecule is CC(NC(=O)C1(C(=O)O)CCC1)c1cn[nH]c1. The average Bonchev–Trinajstić information content (AvgIpc) is 2.66. The standard InChI is InChI=1S/C11H15N3O3/c1-7(8-5-12-13-6-8)14-9(15)11(10(16)17)3-2-4-11/h5-7H,2-4H2,1H3,(H,12,13)(H,14,15)(H,16,17). The smallest absolute Gasteiger partial charge is 0.319 e. The van der Waals surface area contributed by atoms with E-state index in [9.17, 15) is 9.59 Å². The minimum atomic E-state index is -1.21. The first-order valence-corrected chi connectivity index (χ1v) is 5.59. The van der Waals surface area contributed by atoms with E-state index in [2.05, 4.69) is 15.5 Å². The summed E-state index contributed by atoms with van der Waals surface area (Å²) in [6.45, 7) is 1.80. The van der Waals surface area contributed by atoms with E-state index in [0.29, 0.717) is 12.8 Å². The van der Waals surface area contributed by atoms with Crippen LogP contribution in [0.2, 0.25) is 0 Å². The van der Waals surface area contributed by atoms with Crippen molar-refractivity contribution >= 4 is 11.9 Å². The summed E-state index contributed by atoms with van der Waals surface area (Å²) in [7, 11) is 0. The highest BCUT2D eigenvalue weighted by atomic mass is 16.4. The molecule has 1 aromatic rings. The van der Waals surface area contributed by atoms with Gasteiger partial charge in [0.15, 0.2) is 0 Å². The van der Waals surface area contributed by atoms with Crippen molar-refractivity contribution in [1.82, 2.24) is 15.5 Å². The Morgan fingerprint density at radius 2 is 2.29 bits per heavy atom. The van der Waals surface area contributed by atoms with Crippen molar-refractivity contribution in [3.05, 3.63) is 18.0 Å². The predicted octanol–water partition coefficient (Wildman–Crippen LogP) is 0.842. The fourth-order valence-electron chi connectivity index (χ4n) is 1.98. The van der Waals surface area contributed by atoms with Crippen molar-refractivity contribution in [2.45, 2.75) is 32.2 Å². The minimum absolute atomic E-state index is 0.238. The Bertz CT molecular complexity index is 423. The number of aromatic nitrogens is 2. The van der Waals surface area contributed by atoms with Gasteiger partial charge in [-0.05, 0) is 19.8 Å². The Morgan fingerprint density at radius 1 is 1.59 bits per heavy atom. The van der Waals surface area contributed by atoms with Crippen molar-refractivity contribution in [3.63, 3.8) is 0 Å². The van der Waals surface area contributed by atoms with Gasteiger partial charge in [0.25, 0.3) is 0 Å². The number of aromatic amines is 1. The highest BCUT2D eigenvalue weighted by Gasteiger charge is 2.51. The summed E-state index contributed by atoms with van der Waals surface area (Å²) in [6, 6.07) is -0.238. The zero-order chi connectivity index (χ0) is 12.5. The number of carboxylic acids is 1. The van der Waals surface area contributed by atoms with Crippen LogP contribution >= 0.6 is 0 Å². The summed E-state index contributed by atoms with van der Waals surface area (Å²) in [5.74, 6) is -1.43. The third kappa shape index (κ3) is 1.90. The number of amides is 1. The number of nitrogens with zero attached hydrogens (tertiary/aromatic N) is 1. The van der Waals surface area contributed by atoms with Crippen molar-refractivity contribution in [2.75, 3.05) is 0 Å². The molecule has 2 rings (SSSR count). The Balaban J connectivity index is 2.04. The first-order chi connectivity index (χ1) is 8.06. The van der Waals surface area contributed by atoms with E-state index in [0.717, 1.165) is 12.0 Å². The van der Waals surface area contributed by atoms with Gasteiger partial charge in [-0.25, -0.2) is 0 Å². The largest absolute Gasteiger partial charge is 0.480 e. The maximum atomic E-state index is 12.0. The van der Waals surface area contributed by atoms with Crippen LogP contribution in [0.3, 0.4) is 0 Å². The minimum Gasteiger partial charge on any atom is -0.480 e. The highest BCUT2D eigenvalue weighted by Crippen LogP contribution is 2.41. The molecule has 17 heavy (non-hydrogen) atoms. The van der Waals surface area contributed by atoms with Crippen LogP contribution in [0.1, 0.15) is 37.8 Å². The molecule has 0 radical (unpaired) electrons. The van der Waals surface area contributed by atoms with E-state index >= 15 is 0 Å². The number of carbonyl (C=O) groups excluding carboxylic acids is 1. The molecule has 1 heterocycles. The van der Waals surface area contributed by atoms with Crippen LogP contribution in [0, 0.1) is 5.41 Å². The monoisotopic (exact) mass is 237 g/mol. The van der Waals surface area contributed by atoms with Gasteiger partial charge >= 0.3 is 5.97 Å². The fourth-order valence-corrected chi connectivity index (χ4v) is 1.98. The number of H-pyrrole nitrogens is 1. The van der Waals surface area contributed by atoms with Gasteiger partial charge in [-0.1, -0.05) is 6.42 Å². The quantitative estimate of drug-likeness (QED) is 0.676. The normalized spacial score (nSPS) is 19.1. The van der Waals surface area contributed by atoms with Crippen LogP contribution in [0.15, 0.2) is 12.4 Å². The number of aliphatic carboxylic acids is 1. The van der Waals surface area contributed by atoms with Crippen LogP contribution in [0.5, 0.6) is 0 Å².